The van der Waals surface area contributed by atoms with Crippen LogP contribution in [-0.4, -0.2) is 40.9 Å². The summed E-state index contributed by atoms with van der Waals surface area (Å²) in [6.45, 7) is 4.43. The normalized spacial score (nSPS) is 10.6. The number of halogens is 1. The second kappa shape index (κ2) is 9.64. The maximum atomic E-state index is 13.0. The number of hydrogen-bond acceptors (Lipinski definition) is 3. The van der Waals surface area contributed by atoms with E-state index in [0.717, 1.165) is 0 Å². The van der Waals surface area contributed by atoms with Gasteiger partial charge in [-0.3, -0.25) is 14.4 Å². The quantitative estimate of drug-likeness (QED) is 0.725. The van der Waals surface area contributed by atoms with Gasteiger partial charge in [0.15, 0.2) is 0 Å². The molecule has 0 fully saturated rings. The minimum absolute atomic E-state index is 0.110. The van der Waals surface area contributed by atoms with Crippen molar-refractivity contribution in [1.29, 1.82) is 0 Å². The molecule has 0 spiro atoms. The van der Waals surface area contributed by atoms with Crippen molar-refractivity contribution in [3.05, 3.63) is 65.5 Å². The Morgan fingerprint density at radius 3 is 2.36 bits per heavy atom. The molecular formula is C21H23FN2O4. The van der Waals surface area contributed by atoms with Gasteiger partial charge in [0.05, 0.1) is 6.42 Å². The maximum absolute atomic E-state index is 13.0. The summed E-state index contributed by atoms with van der Waals surface area (Å²) in [5.74, 6) is -1.95. The van der Waals surface area contributed by atoms with Gasteiger partial charge in [0.2, 0.25) is 0 Å². The van der Waals surface area contributed by atoms with Gasteiger partial charge in [-0.15, -0.1) is 0 Å². The average Bonchev–Trinajstić information content (AvgIpc) is 2.65. The van der Waals surface area contributed by atoms with Crippen LogP contribution in [0.25, 0.3) is 0 Å². The predicted molar refractivity (Wildman–Crippen MR) is 104 cm³/mol. The highest BCUT2D eigenvalue weighted by molar-refractivity contribution is 6.05. The molecule has 0 unspecified atom stereocenters. The van der Waals surface area contributed by atoms with Crippen LogP contribution < -0.4 is 5.32 Å². The number of benzene rings is 2. The van der Waals surface area contributed by atoms with E-state index in [2.05, 4.69) is 5.32 Å². The van der Waals surface area contributed by atoms with Crippen LogP contribution in [-0.2, 0) is 4.79 Å². The minimum atomic E-state index is -0.970. The Morgan fingerprint density at radius 1 is 1.07 bits per heavy atom. The first-order valence-corrected chi connectivity index (χ1v) is 8.94. The Kier molecular flexibility index (Phi) is 7.26. The first-order chi connectivity index (χ1) is 13.3. The number of carboxylic acids is 1. The van der Waals surface area contributed by atoms with Crippen molar-refractivity contribution in [2.45, 2.75) is 20.3 Å². The summed E-state index contributed by atoms with van der Waals surface area (Å²) >= 11 is 0. The zero-order valence-electron chi connectivity index (χ0n) is 15.8. The van der Waals surface area contributed by atoms with Crippen molar-refractivity contribution in [1.82, 2.24) is 4.90 Å². The summed E-state index contributed by atoms with van der Waals surface area (Å²) in [5.41, 5.74) is 1.06. The SMILES string of the molecule is CC(C)CN(CCC(=O)O)C(=O)c1cccc(NC(=O)c2ccc(F)cc2)c1. The van der Waals surface area contributed by atoms with Crippen LogP contribution in [0.1, 0.15) is 41.0 Å². The molecule has 7 heteroatoms. The lowest BCUT2D eigenvalue weighted by Gasteiger charge is -2.24. The molecule has 0 radical (unpaired) electrons. The number of nitrogens with zero attached hydrogens (tertiary/aromatic N) is 1. The number of carboxylic acid groups (broad SMARTS) is 1. The number of amides is 2. The highest BCUT2D eigenvalue weighted by atomic mass is 19.1. The lowest BCUT2D eigenvalue weighted by Crippen LogP contribution is -2.36. The Morgan fingerprint density at radius 2 is 1.75 bits per heavy atom. The van der Waals surface area contributed by atoms with Crippen molar-refractivity contribution in [2.24, 2.45) is 5.92 Å². The van der Waals surface area contributed by atoms with E-state index in [-0.39, 0.29) is 24.8 Å². The van der Waals surface area contributed by atoms with Crippen LogP contribution in [0.3, 0.4) is 0 Å². The van der Waals surface area contributed by atoms with Gasteiger partial charge in [-0.25, -0.2) is 4.39 Å². The molecule has 0 aromatic heterocycles. The van der Waals surface area contributed by atoms with Gasteiger partial charge < -0.3 is 15.3 Å². The fourth-order valence-corrected chi connectivity index (χ4v) is 2.66. The molecule has 28 heavy (non-hydrogen) atoms. The van der Waals surface area contributed by atoms with Crippen LogP contribution in [0.2, 0.25) is 0 Å². The van der Waals surface area contributed by atoms with Crippen molar-refractivity contribution in [2.75, 3.05) is 18.4 Å². The summed E-state index contributed by atoms with van der Waals surface area (Å²) < 4.78 is 13.0. The fraction of sp³-hybridized carbons (Fsp3) is 0.286. The van der Waals surface area contributed by atoms with Gasteiger partial charge in [0, 0.05) is 29.9 Å². The number of anilines is 1. The fourth-order valence-electron chi connectivity index (χ4n) is 2.66. The van der Waals surface area contributed by atoms with Gasteiger partial charge in [-0.05, 0) is 48.4 Å². The molecule has 0 heterocycles. The third-order valence-corrected chi connectivity index (χ3v) is 3.94. The molecular weight excluding hydrogens is 363 g/mol. The number of rotatable bonds is 8. The minimum Gasteiger partial charge on any atom is -0.481 e. The molecule has 0 saturated carbocycles. The Balaban J connectivity index is 2.15. The Labute approximate surface area is 163 Å². The third kappa shape index (κ3) is 6.19. The summed E-state index contributed by atoms with van der Waals surface area (Å²) in [6.07, 6.45) is -0.139. The number of hydrogen-bond donors (Lipinski definition) is 2. The van der Waals surface area contributed by atoms with E-state index in [1.165, 1.54) is 35.2 Å². The van der Waals surface area contributed by atoms with Gasteiger partial charge in [-0.2, -0.15) is 0 Å². The average molecular weight is 386 g/mol. The summed E-state index contributed by atoms with van der Waals surface area (Å²) in [5, 5.41) is 11.6. The largest absolute Gasteiger partial charge is 0.481 e. The smallest absolute Gasteiger partial charge is 0.305 e. The highest BCUT2D eigenvalue weighted by Gasteiger charge is 2.18. The predicted octanol–water partition coefficient (Wildman–Crippen LogP) is 3.65. The number of carbonyl (C=O) groups is 3. The second-order valence-electron chi connectivity index (χ2n) is 6.83. The lowest BCUT2D eigenvalue weighted by atomic mass is 10.1. The van der Waals surface area contributed by atoms with Crippen molar-refractivity contribution in [3.63, 3.8) is 0 Å². The molecule has 0 aliphatic carbocycles. The monoisotopic (exact) mass is 386 g/mol. The lowest BCUT2D eigenvalue weighted by molar-refractivity contribution is -0.137. The van der Waals surface area contributed by atoms with Crippen LogP contribution >= 0.6 is 0 Å². The van der Waals surface area contributed by atoms with Gasteiger partial charge >= 0.3 is 5.97 Å². The molecule has 0 aliphatic heterocycles. The molecule has 148 valence electrons. The van der Waals surface area contributed by atoms with E-state index in [0.29, 0.717) is 23.4 Å². The van der Waals surface area contributed by atoms with Crippen LogP contribution in [0, 0.1) is 11.7 Å². The molecule has 6 nitrogen and oxygen atoms in total. The van der Waals surface area contributed by atoms with E-state index < -0.39 is 17.7 Å². The second-order valence-corrected chi connectivity index (χ2v) is 6.83. The summed E-state index contributed by atoms with van der Waals surface area (Å²) in [6, 6.07) is 11.6. The molecule has 0 saturated heterocycles. The van der Waals surface area contributed by atoms with Gasteiger partial charge in [-0.1, -0.05) is 19.9 Å². The molecule has 0 aliphatic rings. The summed E-state index contributed by atoms with van der Waals surface area (Å²) in [4.78, 5) is 37.5. The van der Waals surface area contributed by atoms with Crippen molar-refractivity contribution in [3.8, 4) is 0 Å². The van der Waals surface area contributed by atoms with Crippen LogP contribution in [0.5, 0.6) is 0 Å². The van der Waals surface area contributed by atoms with E-state index in [1.807, 2.05) is 13.8 Å². The standard InChI is InChI=1S/C21H23FN2O4/c1-14(2)13-24(11-10-19(25)26)21(28)16-4-3-5-18(12-16)23-20(27)15-6-8-17(22)9-7-15/h3-9,12,14H,10-11,13H2,1-2H3,(H,23,27)(H,25,26). The van der Waals surface area contributed by atoms with Gasteiger partial charge in [0.1, 0.15) is 5.82 Å². The topological polar surface area (TPSA) is 86.7 Å². The molecule has 0 bridgehead atoms. The zero-order valence-corrected chi connectivity index (χ0v) is 15.8. The van der Waals surface area contributed by atoms with Crippen LogP contribution in [0.4, 0.5) is 10.1 Å². The highest BCUT2D eigenvalue weighted by Crippen LogP contribution is 2.16. The first-order valence-electron chi connectivity index (χ1n) is 8.94. The number of aliphatic carboxylic acids is 1. The third-order valence-electron chi connectivity index (χ3n) is 3.94. The molecule has 2 N–H and O–H groups in total. The van der Waals surface area contributed by atoms with Crippen LogP contribution in [0.15, 0.2) is 48.5 Å². The van der Waals surface area contributed by atoms with E-state index in [4.69, 9.17) is 5.11 Å². The molecule has 2 aromatic rings. The molecule has 2 amide bonds. The first kappa shape index (κ1) is 21.1. The van der Waals surface area contributed by atoms with Crippen molar-refractivity contribution >= 4 is 23.5 Å². The zero-order chi connectivity index (χ0) is 20.7. The van der Waals surface area contributed by atoms with Crippen molar-refractivity contribution < 1.29 is 23.9 Å². The molecule has 2 aromatic carbocycles. The van der Waals surface area contributed by atoms with E-state index >= 15 is 0 Å². The van der Waals surface area contributed by atoms with Gasteiger partial charge in [0.25, 0.3) is 11.8 Å². The van der Waals surface area contributed by atoms with E-state index in [1.54, 1.807) is 18.2 Å². The Hall–Kier alpha value is -3.22. The number of carbonyl (C=O) groups excluding carboxylic acids is 2. The maximum Gasteiger partial charge on any atom is 0.305 e. The number of nitrogens with one attached hydrogen (secondary N) is 1. The Bertz CT molecular complexity index is 850. The summed E-state index contributed by atoms with van der Waals surface area (Å²) in [7, 11) is 0. The molecule has 0 atom stereocenters. The van der Waals surface area contributed by atoms with E-state index in [9.17, 15) is 18.8 Å². The molecule has 2 rings (SSSR count).